The van der Waals surface area contributed by atoms with Crippen molar-refractivity contribution in [1.82, 2.24) is 0 Å². The van der Waals surface area contributed by atoms with Gasteiger partial charge in [0.25, 0.3) is 0 Å². The van der Waals surface area contributed by atoms with E-state index in [4.69, 9.17) is 9.47 Å². The lowest BCUT2D eigenvalue weighted by molar-refractivity contribution is -0.0667. The molecule has 0 fully saturated rings. The topological polar surface area (TPSA) is 18.5 Å². The summed E-state index contributed by atoms with van der Waals surface area (Å²) in [4.78, 5) is 0. The van der Waals surface area contributed by atoms with Gasteiger partial charge >= 0.3 is 0 Å². The maximum absolute atomic E-state index is 4.97. The van der Waals surface area contributed by atoms with Crippen LogP contribution in [0.4, 0.5) is 0 Å². The molecule has 0 radical (unpaired) electrons. The molecule has 11 heavy (non-hydrogen) atoms. The molecule has 0 aliphatic carbocycles. The molecule has 0 N–H and O–H groups in total. The summed E-state index contributed by atoms with van der Waals surface area (Å²) in [6.07, 6.45) is 7.44. The average Bonchev–Trinajstić information content (AvgIpc) is 2.05. The fraction of sp³-hybridized carbons (Fsp3) is 0.778. The molecule has 0 aromatic rings. The molecule has 2 heteroatoms. The first kappa shape index (κ1) is 10.7. The van der Waals surface area contributed by atoms with E-state index in [2.05, 4.69) is 13.0 Å². The van der Waals surface area contributed by atoms with E-state index in [0.717, 1.165) is 6.42 Å². The van der Waals surface area contributed by atoms with E-state index >= 15 is 0 Å². The SMILES string of the molecule is CCCC/C=C/C(OC)OC. The van der Waals surface area contributed by atoms with Gasteiger partial charge in [-0.05, 0) is 12.5 Å². The molecular formula is C9H18O2. The van der Waals surface area contributed by atoms with E-state index in [1.165, 1.54) is 12.8 Å². The van der Waals surface area contributed by atoms with Crippen LogP contribution < -0.4 is 0 Å². The Bertz CT molecular complexity index is 95.7. The van der Waals surface area contributed by atoms with Crippen molar-refractivity contribution in [3.63, 3.8) is 0 Å². The molecule has 0 saturated heterocycles. The minimum atomic E-state index is -0.174. The second kappa shape index (κ2) is 7.76. The first-order chi connectivity index (χ1) is 5.35. The highest BCUT2D eigenvalue weighted by Crippen LogP contribution is 1.98. The largest absolute Gasteiger partial charge is 0.352 e. The van der Waals surface area contributed by atoms with Crippen molar-refractivity contribution in [2.45, 2.75) is 32.5 Å². The van der Waals surface area contributed by atoms with Gasteiger partial charge in [0, 0.05) is 14.2 Å². The number of methoxy groups -OCH3 is 2. The Morgan fingerprint density at radius 3 is 2.36 bits per heavy atom. The van der Waals surface area contributed by atoms with Gasteiger partial charge < -0.3 is 9.47 Å². The molecule has 0 spiro atoms. The molecule has 66 valence electrons. The van der Waals surface area contributed by atoms with Gasteiger partial charge in [-0.3, -0.25) is 0 Å². The Morgan fingerprint density at radius 2 is 1.91 bits per heavy atom. The highest BCUT2D eigenvalue weighted by atomic mass is 16.7. The van der Waals surface area contributed by atoms with E-state index in [1.54, 1.807) is 14.2 Å². The summed E-state index contributed by atoms with van der Waals surface area (Å²) in [5.74, 6) is 0. The molecular weight excluding hydrogens is 140 g/mol. The summed E-state index contributed by atoms with van der Waals surface area (Å²) in [5, 5.41) is 0. The molecule has 0 unspecified atom stereocenters. The number of hydrogen-bond acceptors (Lipinski definition) is 2. The Balaban J connectivity index is 3.36. The normalized spacial score (nSPS) is 11.6. The molecule has 0 atom stereocenters. The molecule has 0 bridgehead atoms. The van der Waals surface area contributed by atoms with E-state index in [0.29, 0.717) is 0 Å². The van der Waals surface area contributed by atoms with Crippen LogP contribution in [0.3, 0.4) is 0 Å². The van der Waals surface area contributed by atoms with Crippen molar-refractivity contribution in [2.75, 3.05) is 14.2 Å². The van der Waals surface area contributed by atoms with Gasteiger partial charge in [-0.25, -0.2) is 0 Å². The minimum absolute atomic E-state index is 0.174. The highest BCUT2D eigenvalue weighted by Gasteiger charge is 1.95. The zero-order valence-corrected chi connectivity index (χ0v) is 7.67. The van der Waals surface area contributed by atoms with Crippen LogP contribution in [0.5, 0.6) is 0 Å². The predicted molar refractivity (Wildman–Crippen MR) is 46.5 cm³/mol. The number of allylic oxidation sites excluding steroid dienone is 1. The average molecular weight is 158 g/mol. The number of hydrogen-bond donors (Lipinski definition) is 0. The van der Waals surface area contributed by atoms with Crippen molar-refractivity contribution >= 4 is 0 Å². The van der Waals surface area contributed by atoms with Gasteiger partial charge in [0.2, 0.25) is 0 Å². The maximum Gasteiger partial charge on any atom is 0.176 e. The Labute approximate surface area is 69.2 Å². The van der Waals surface area contributed by atoms with Crippen molar-refractivity contribution in [2.24, 2.45) is 0 Å². The number of unbranched alkanes of at least 4 members (excludes halogenated alkanes) is 2. The zero-order chi connectivity index (χ0) is 8.53. The molecule has 0 aromatic carbocycles. The van der Waals surface area contributed by atoms with E-state index in [-0.39, 0.29) is 6.29 Å². The third-order valence-electron chi connectivity index (χ3n) is 1.48. The Kier molecular flexibility index (Phi) is 7.52. The van der Waals surface area contributed by atoms with Crippen LogP contribution in [0, 0.1) is 0 Å². The van der Waals surface area contributed by atoms with Gasteiger partial charge in [-0.15, -0.1) is 0 Å². The second-order valence-corrected chi connectivity index (χ2v) is 2.41. The van der Waals surface area contributed by atoms with E-state index in [1.807, 2.05) is 6.08 Å². The number of rotatable bonds is 6. The lowest BCUT2D eigenvalue weighted by atomic mass is 10.2. The van der Waals surface area contributed by atoms with Crippen LogP contribution in [-0.4, -0.2) is 20.5 Å². The molecule has 0 saturated carbocycles. The summed E-state index contributed by atoms with van der Waals surface area (Å²) < 4.78 is 9.94. The van der Waals surface area contributed by atoms with Crippen LogP contribution in [0.25, 0.3) is 0 Å². The summed E-state index contributed by atoms with van der Waals surface area (Å²) in [6, 6.07) is 0. The van der Waals surface area contributed by atoms with Crippen LogP contribution in [0.2, 0.25) is 0 Å². The quantitative estimate of drug-likeness (QED) is 0.335. The zero-order valence-electron chi connectivity index (χ0n) is 7.67. The van der Waals surface area contributed by atoms with Gasteiger partial charge in [0.1, 0.15) is 0 Å². The first-order valence-corrected chi connectivity index (χ1v) is 4.07. The minimum Gasteiger partial charge on any atom is -0.352 e. The van der Waals surface area contributed by atoms with Crippen LogP contribution in [0.1, 0.15) is 26.2 Å². The fourth-order valence-electron chi connectivity index (χ4n) is 0.783. The van der Waals surface area contributed by atoms with Crippen LogP contribution in [-0.2, 0) is 9.47 Å². The van der Waals surface area contributed by atoms with Crippen molar-refractivity contribution in [3.05, 3.63) is 12.2 Å². The van der Waals surface area contributed by atoms with Gasteiger partial charge in [0.05, 0.1) is 0 Å². The lowest BCUT2D eigenvalue weighted by Crippen LogP contribution is -2.08. The monoisotopic (exact) mass is 158 g/mol. The van der Waals surface area contributed by atoms with Gasteiger partial charge in [-0.1, -0.05) is 25.8 Å². The highest BCUT2D eigenvalue weighted by molar-refractivity contribution is 4.84. The summed E-state index contributed by atoms with van der Waals surface area (Å²) >= 11 is 0. The number of ether oxygens (including phenoxy) is 2. The first-order valence-electron chi connectivity index (χ1n) is 4.07. The molecule has 0 aromatic heterocycles. The van der Waals surface area contributed by atoms with Gasteiger partial charge in [-0.2, -0.15) is 0 Å². The van der Waals surface area contributed by atoms with Crippen LogP contribution in [0.15, 0.2) is 12.2 Å². The predicted octanol–water partition coefficient (Wildman–Crippen LogP) is 2.35. The Hall–Kier alpha value is -0.340. The third-order valence-corrected chi connectivity index (χ3v) is 1.48. The van der Waals surface area contributed by atoms with Crippen molar-refractivity contribution in [1.29, 1.82) is 0 Å². The van der Waals surface area contributed by atoms with E-state index < -0.39 is 0 Å². The maximum atomic E-state index is 4.97. The molecule has 0 aliphatic heterocycles. The third kappa shape index (κ3) is 6.07. The standard InChI is InChI=1S/C9H18O2/c1-4-5-6-7-8-9(10-2)11-3/h7-9H,4-6H2,1-3H3/b8-7+. The lowest BCUT2D eigenvalue weighted by Gasteiger charge is -2.06. The molecule has 0 heterocycles. The molecule has 0 rings (SSSR count). The summed E-state index contributed by atoms with van der Waals surface area (Å²) in [5.41, 5.74) is 0. The van der Waals surface area contributed by atoms with Crippen LogP contribution >= 0.6 is 0 Å². The van der Waals surface area contributed by atoms with E-state index in [9.17, 15) is 0 Å². The van der Waals surface area contributed by atoms with Gasteiger partial charge in [0.15, 0.2) is 6.29 Å². The summed E-state index contributed by atoms with van der Waals surface area (Å²) in [6.45, 7) is 2.18. The smallest absolute Gasteiger partial charge is 0.176 e. The van der Waals surface area contributed by atoms with Crippen molar-refractivity contribution < 1.29 is 9.47 Å². The van der Waals surface area contributed by atoms with Crippen molar-refractivity contribution in [3.8, 4) is 0 Å². The second-order valence-electron chi connectivity index (χ2n) is 2.41. The molecule has 2 nitrogen and oxygen atoms in total. The molecule has 0 aliphatic rings. The summed E-state index contributed by atoms with van der Waals surface area (Å²) in [7, 11) is 3.27. The fourth-order valence-corrected chi connectivity index (χ4v) is 0.783. The molecule has 0 amide bonds. The Morgan fingerprint density at radius 1 is 1.27 bits per heavy atom.